The van der Waals surface area contributed by atoms with E-state index < -0.39 is 5.97 Å². The number of benzene rings is 1. The van der Waals surface area contributed by atoms with Crippen LogP contribution in [0.25, 0.3) is 0 Å². The number of hydrogen-bond donors (Lipinski definition) is 1. The van der Waals surface area contributed by atoms with Gasteiger partial charge in [-0.25, -0.2) is 14.8 Å². The molecule has 1 aromatic carbocycles. The molecular weight excluding hydrogens is 323 g/mol. The maximum atomic E-state index is 10.9. The van der Waals surface area contributed by atoms with Gasteiger partial charge in [-0.1, -0.05) is 27.5 Å². The number of aromatic carboxylic acids is 1. The molecule has 0 fully saturated rings. The first kappa shape index (κ1) is 12.8. The zero-order chi connectivity index (χ0) is 13.1. The normalized spacial score (nSPS) is 10.1. The molecule has 1 aromatic heterocycles. The van der Waals surface area contributed by atoms with E-state index in [9.17, 15) is 4.79 Å². The summed E-state index contributed by atoms with van der Waals surface area (Å²) in [5, 5.41) is 9.27. The fourth-order valence-corrected chi connectivity index (χ4v) is 1.92. The number of carboxylic acid groups (broad SMARTS) is 1. The lowest BCUT2D eigenvalue weighted by atomic mass is 10.3. The van der Waals surface area contributed by atoms with Crippen LogP contribution in [0.4, 0.5) is 0 Å². The first-order valence-corrected chi connectivity index (χ1v) is 5.92. The van der Waals surface area contributed by atoms with Crippen LogP contribution in [0.15, 0.2) is 35.1 Å². The van der Waals surface area contributed by atoms with Gasteiger partial charge in [0.1, 0.15) is 5.75 Å². The highest BCUT2D eigenvalue weighted by Gasteiger charge is 2.15. The fourth-order valence-electron chi connectivity index (χ4n) is 1.21. The molecule has 0 aliphatic heterocycles. The van der Waals surface area contributed by atoms with Gasteiger partial charge in [0, 0.05) is 16.9 Å². The van der Waals surface area contributed by atoms with Gasteiger partial charge in [-0.15, -0.1) is 0 Å². The van der Waals surface area contributed by atoms with E-state index in [-0.39, 0.29) is 11.6 Å². The van der Waals surface area contributed by atoms with Crippen LogP contribution in [0.1, 0.15) is 10.5 Å². The average Bonchev–Trinajstić information content (AvgIpc) is 2.33. The minimum Gasteiger partial charge on any atom is -0.476 e. The molecule has 0 aliphatic rings. The van der Waals surface area contributed by atoms with Crippen molar-refractivity contribution in [3.63, 3.8) is 0 Å². The second-order valence-electron chi connectivity index (χ2n) is 3.19. The largest absolute Gasteiger partial charge is 0.476 e. The fraction of sp³-hybridized carbons (Fsp3) is 0. The van der Waals surface area contributed by atoms with E-state index in [1.165, 1.54) is 12.4 Å². The van der Waals surface area contributed by atoms with Crippen LogP contribution in [0.2, 0.25) is 5.02 Å². The van der Waals surface area contributed by atoms with Gasteiger partial charge in [-0.3, -0.25) is 0 Å². The second kappa shape index (κ2) is 5.32. The molecule has 0 aliphatic carbocycles. The number of carboxylic acids is 1. The molecule has 18 heavy (non-hydrogen) atoms. The van der Waals surface area contributed by atoms with Crippen molar-refractivity contribution in [1.29, 1.82) is 0 Å². The number of hydrogen-bond acceptors (Lipinski definition) is 4. The minimum absolute atomic E-state index is 0.103. The summed E-state index contributed by atoms with van der Waals surface area (Å²) in [6.45, 7) is 0. The van der Waals surface area contributed by atoms with Crippen LogP contribution in [0.5, 0.6) is 11.6 Å². The molecule has 0 saturated carbocycles. The quantitative estimate of drug-likeness (QED) is 0.934. The molecule has 0 bridgehead atoms. The lowest BCUT2D eigenvalue weighted by Crippen LogP contribution is -2.04. The van der Waals surface area contributed by atoms with Crippen LogP contribution in [-0.2, 0) is 0 Å². The summed E-state index contributed by atoms with van der Waals surface area (Å²) in [5.74, 6) is -1.01. The van der Waals surface area contributed by atoms with Gasteiger partial charge in [-0.2, -0.15) is 0 Å². The standard InChI is InChI=1S/C11H6BrClN2O3/c12-6-1-2-8(7(13)5-6)18-10-9(11(16)17)14-3-4-15-10/h1-5H,(H,16,17). The second-order valence-corrected chi connectivity index (χ2v) is 4.51. The molecule has 0 saturated heterocycles. The molecule has 92 valence electrons. The summed E-state index contributed by atoms with van der Waals surface area (Å²) < 4.78 is 6.14. The number of carbonyl (C=O) groups is 1. The predicted octanol–water partition coefficient (Wildman–Crippen LogP) is 3.38. The Morgan fingerprint density at radius 2 is 2.06 bits per heavy atom. The van der Waals surface area contributed by atoms with Gasteiger partial charge in [0.05, 0.1) is 5.02 Å². The zero-order valence-electron chi connectivity index (χ0n) is 8.80. The van der Waals surface area contributed by atoms with E-state index in [1.807, 2.05) is 0 Å². The Morgan fingerprint density at radius 3 is 2.72 bits per heavy atom. The van der Waals surface area contributed by atoms with Crippen LogP contribution >= 0.6 is 27.5 Å². The first-order valence-electron chi connectivity index (χ1n) is 4.75. The summed E-state index contributed by atoms with van der Waals surface area (Å²) in [4.78, 5) is 18.4. The summed E-state index contributed by atoms with van der Waals surface area (Å²) in [5.41, 5.74) is -0.267. The van der Waals surface area contributed by atoms with Crippen LogP contribution in [0, 0.1) is 0 Å². The highest BCUT2D eigenvalue weighted by Crippen LogP contribution is 2.31. The van der Waals surface area contributed by atoms with E-state index in [1.54, 1.807) is 18.2 Å². The highest BCUT2D eigenvalue weighted by molar-refractivity contribution is 9.10. The maximum absolute atomic E-state index is 10.9. The molecule has 0 unspecified atom stereocenters. The number of halogens is 2. The number of aromatic nitrogens is 2. The Kier molecular flexibility index (Phi) is 3.78. The Balaban J connectivity index is 2.37. The van der Waals surface area contributed by atoms with E-state index in [0.29, 0.717) is 10.8 Å². The third kappa shape index (κ3) is 2.77. The Hall–Kier alpha value is -1.66. The number of ether oxygens (including phenoxy) is 1. The van der Waals surface area contributed by atoms with Crippen LogP contribution in [-0.4, -0.2) is 21.0 Å². The molecule has 2 rings (SSSR count). The van der Waals surface area contributed by atoms with Crippen molar-refractivity contribution < 1.29 is 14.6 Å². The van der Waals surface area contributed by atoms with E-state index in [4.69, 9.17) is 21.4 Å². The minimum atomic E-state index is -1.22. The van der Waals surface area contributed by atoms with E-state index >= 15 is 0 Å². The molecule has 0 radical (unpaired) electrons. The SMILES string of the molecule is O=C(O)c1nccnc1Oc1ccc(Br)cc1Cl. The molecule has 1 heterocycles. The van der Waals surface area contributed by atoms with Crippen LogP contribution in [0.3, 0.4) is 0 Å². The van der Waals surface area contributed by atoms with Crippen molar-refractivity contribution in [3.05, 3.63) is 45.8 Å². The summed E-state index contributed by atoms with van der Waals surface area (Å²) in [7, 11) is 0. The Morgan fingerprint density at radius 1 is 1.33 bits per heavy atom. The van der Waals surface area contributed by atoms with Crippen molar-refractivity contribution >= 4 is 33.5 Å². The number of nitrogens with zero attached hydrogens (tertiary/aromatic N) is 2. The molecule has 0 spiro atoms. The zero-order valence-corrected chi connectivity index (χ0v) is 11.1. The first-order chi connectivity index (χ1) is 8.58. The van der Waals surface area contributed by atoms with Gasteiger partial charge in [0.25, 0.3) is 5.88 Å². The molecule has 2 aromatic rings. The molecule has 0 atom stereocenters. The summed E-state index contributed by atoms with van der Waals surface area (Å²) in [6.07, 6.45) is 2.62. The van der Waals surface area contributed by atoms with Crippen molar-refractivity contribution in [3.8, 4) is 11.6 Å². The van der Waals surface area contributed by atoms with Crippen LogP contribution < -0.4 is 4.74 Å². The van der Waals surface area contributed by atoms with Crippen molar-refractivity contribution in [1.82, 2.24) is 9.97 Å². The van der Waals surface area contributed by atoms with Gasteiger partial charge in [0.2, 0.25) is 5.69 Å². The molecule has 0 amide bonds. The highest BCUT2D eigenvalue weighted by atomic mass is 79.9. The lowest BCUT2D eigenvalue weighted by Gasteiger charge is -2.08. The van der Waals surface area contributed by atoms with Gasteiger partial charge >= 0.3 is 5.97 Å². The van der Waals surface area contributed by atoms with E-state index in [2.05, 4.69) is 25.9 Å². The van der Waals surface area contributed by atoms with Gasteiger partial charge in [-0.05, 0) is 18.2 Å². The number of rotatable bonds is 3. The lowest BCUT2D eigenvalue weighted by molar-refractivity contribution is 0.0686. The Labute approximate surface area is 116 Å². The van der Waals surface area contributed by atoms with E-state index in [0.717, 1.165) is 4.47 Å². The monoisotopic (exact) mass is 328 g/mol. The summed E-state index contributed by atoms with van der Waals surface area (Å²) >= 11 is 9.22. The van der Waals surface area contributed by atoms with Crippen molar-refractivity contribution in [2.45, 2.75) is 0 Å². The third-order valence-corrected chi connectivity index (χ3v) is 2.76. The maximum Gasteiger partial charge on any atom is 0.360 e. The molecular formula is C11H6BrClN2O3. The van der Waals surface area contributed by atoms with Gasteiger partial charge < -0.3 is 9.84 Å². The summed E-state index contributed by atoms with van der Waals surface area (Å²) in [6, 6.07) is 4.96. The van der Waals surface area contributed by atoms with Gasteiger partial charge in [0.15, 0.2) is 0 Å². The topological polar surface area (TPSA) is 72.3 Å². The van der Waals surface area contributed by atoms with Crippen molar-refractivity contribution in [2.24, 2.45) is 0 Å². The average molecular weight is 330 g/mol. The molecule has 7 heteroatoms. The smallest absolute Gasteiger partial charge is 0.360 e. The third-order valence-electron chi connectivity index (χ3n) is 1.97. The molecule has 1 N–H and O–H groups in total. The van der Waals surface area contributed by atoms with Crippen molar-refractivity contribution in [2.75, 3.05) is 0 Å². The Bertz CT molecular complexity index is 607. The predicted molar refractivity (Wildman–Crippen MR) is 68.2 cm³/mol. The molecule has 5 nitrogen and oxygen atoms in total.